The summed E-state index contributed by atoms with van der Waals surface area (Å²) in [7, 11) is 0. The van der Waals surface area contributed by atoms with Gasteiger partial charge in [-0.05, 0) is 52.5 Å². The van der Waals surface area contributed by atoms with Crippen molar-refractivity contribution in [2.45, 2.75) is 58.6 Å². The standard InChI is InChI=1S/C15H30N2O3/c1-5-16-13(8-10-18)12-7-6-9-17(11-12)14(19)20-15(2,3)4/h12-13,16,18H,5-11H2,1-4H3/t12-,13-/m0/s1. The smallest absolute Gasteiger partial charge is 0.410 e. The largest absolute Gasteiger partial charge is 0.444 e. The number of hydrogen-bond acceptors (Lipinski definition) is 4. The van der Waals surface area contributed by atoms with E-state index < -0.39 is 5.60 Å². The van der Waals surface area contributed by atoms with Crippen molar-refractivity contribution in [2.24, 2.45) is 5.92 Å². The number of aliphatic hydroxyl groups excluding tert-OH is 1. The maximum Gasteiger partial charge on any atom is 0.410 e. The van der Waals surface area contributed by atoms with E-state index >= 15 is 0 Å². The van der Waals surface area contributed by atoms with Crippen LogP contribution in [-0.4, -0.2) is 54.0 Å². The molecule has 0 aromatic heterocycles. The minimum Gasteiger partial charge on any atom is -0.444 e. The lowest BCUT2D eigenvalue weighted by Gasteiger charge is -2.37. The molecule has 2 atom stereocenters. The molecule has 1 heterocycles. The van der Waals surface area contributed by atoms with Gasteiger partial charge in [-0.15, -0.1) is 0 Å². The van der Waals surface area contributed by atoms with Crippen LogP contribution in [0.5, 0.6) is 0 Å². The SMILES string of the molecule is CCN[C@@H](CCO)[C@H]1CCCN(C(=O)OC(C)(C)C)C1. The summed E-state index contributed by atoms with van der Waals surface area (Å²) >= 11 is 0. The third-order valence-corrected chi connectivity index (χ3v) is 3.58. The summed E-state index contributed by atoms with van der Waals surface area (Å²) in [5.74, 6) is 0.392. The molecule has 1 amide bonds. The van der Waals surface area contributed by atoms with Gasteiger partial charge in [0, 0.05) is 25.7 Å². The molecule has 0 saturated carbocycles. The minimum atomic E-state index is -0.448. The highest BCUT2D eigenvalue weighted by molar-refractivity contribution is 5.68. The second-order valence-corrected chi connectivity index (χ2v) is 6.51. The molecule has 5 nitrogen and oxygen atoms in total. The van der Waals surface area contributed by atoms with Gasteiger partial charge in [0.05, 0.1) is 0 Å². The second-order valence-electron chi connectivity index (χ2n) is 6.51. The monoisotopic (exact) mass is 286 g/mol. The first-order chi connectivity index (χ1) is 9.37. The first kappa shape index (κ1) is 17.2. The zero-order chi connectivity index (χ0) is 15.2. The quantitative estimate of drug-likeness (QED) is 0.811. The van der Waals surface area contributed by atoms with Crippen molar-refractivity contribution in [1.29, 1.82) is 0 Å². The number of nitrogens with zero attached hydrogens (tertiary/aromatic N) is 1. The number of piperidine rings is 1. The number of carbonyl (C=O) groups excluding carboxylic acids is 1. The van der Waals surface area contributed by atoms with Crippen molar-refractivity contribution in [3.63, 3.8) is 0 Å². The van der Waals surface area contributed by atoms with Crippen LogP contribution in [0.15, 0.2) is 0 Å². The van der Waals surface area contributed by atoms with E-state index in [0.717, 1.165) is 32.4 Å². The van der Waals surface area contributed by atoms with Crippen molar-refractivity contribution < 1.29 is 14.6 Å². The summed E-state index contributed by atoms with van der Waals surface area (Å²) in [4.78, 5) is 13.9. The summed E-state index contributed by atoms with van der Waals surface area (Å²) in [5.41, 5.74) is -0.448. The molecule has 1 fully saturated rings. The number of carbonyl (C=O) groups is 1. The van der Waals surface area contributed by atoms with Gasteiger partial charge in [-0.3, -0.25) is 0 Å². The van der Waals surface area contributed by atoms with Crippen molar-refractivity contribution in [2.75, 3.05) is 26.2 Å². The van der Waals surface area contributed by atoms with Crippen LogP contribution in [0.1, 0.15) is 47.0 Å². The van der Waals surface area contributed by atoms with Crippen LogP contribution < -0.4 is 5.32 Å². The zero-order valence-electron chi connectivity index (χ0n) is 13.3. The van der Waals surface area contributed by atoms with Crippen LogP contribution in [0.25, 0.3) is 0 Å². The van der Waals surface area contributed by atoms with Gasteiger partial charge in [0.2, 0.25) is 0 Å². The van der Waals surface area contributed by atoms with E-state index in [-0.39, 0.29) is 18.7 Å². The number of ether oxygens (including phenoxy) is 1. The molecule has 0 unspecified atom stereocenters. The molecule has 0 aromatic carbocycles. The van der Waals surface area contributed by atoms with E-state index in [4.69, 9.17) is 4.74 Å². The number of likely N-dealkylation sites (tertiary alicyclic amines) is 1. The molecule has 2 N–H and O–H groups in total. The number of rotatable bonds is 5. The molecule has 0 radical (unpaired) electrons. The second kappa shape index (κ2) is 7.84. The van der Waals surface area contributed by atoms with Gasteiger partial charge in [0.1, 0.15) is 5.60 Å². The number of hydrogen-bond donors (Lipinski definition) is 2. The Labute approximate surface area is 122 Å². The predicted molar refractivity (Wildman–Crippen MR) is 79.7 cm³/mol. The normalized spacial score (nSPS) is 21.6. The van der Waals surface area contributed by atoms with Crippen molar-refractivity contribution in [3.05, 3.63) is 0 Å². The van der Waals surface area contributed by atoms with Crippen LogP contribution in [0, 0.1) is 5.92 Å². The van der Waals surface area contributed by atoms with E-state index in [9.17, 15) is 9.90 Å². The molecule has 1 aliphatic heterocycles. The molecular formula is C15H30N2O3. The topological polar surface area (TPSA) is 61.8 Å². The predicted octanol–water partition coefficient (Wildman–Crippen LogP) is 1.99. The summed E-state index contributed by atoms with van der Waals surface area (Å²) < 4.78 is 5.44. The zero-order valence-corrected chi connectivity index (χ0v) is 13.3. The molecular weight excluding hydrogens is 256 g/mol. The molecule has 0 aromatic rings. The Morgan fingerprint density at radius 2 is 2.20 bits per heavy atom. The molecule has 0 bridgehead atoms. The molecule has 5 heteroatoms. The minimum absolute atomic E-state index is 0.181. The van der Waals surface area contributed by atoms with Gasteiger partial charge in [-0.25, -0.2) is 4.79 Å². The Kier molecular flexibility index (Phi) is 6.76. The average Bonchev–Trinajstić information content (AvgIpc) is 2.37. The van der Waals surface area contributed by atoms with Crippen molar-refractivity contribution in [3.8, 4) is 0 Å². The lowest BCUT2D eigenvalue weighted by atomic mass is 9.89. The number of amides is 1. The lowest BCUT2D eigenvalue weighted by molar-refractivity contribution is 0.0139. The van der Waals surface area contributed by atoms with Crippen molar-refractivity contribution in [1.82, 2.24) is 10.2 Å². The Morgan fingerprint density at radius 1 is 1.50 bits per heavy atom. The van der Waals surface area contributed by atoms with E-state index in [0.29, 0.717) is 12.5 Å². The summed E-state index contributed by atoms with van der Waals surface area (Å²) in [5, 5.41) is 12.6. The van der Waals surface area contributed by atoms with Gasteiger partial charge in [0.25, 0.3) is 0 Å². The van der Waals surface area contributed by atoms with E-state index in [2.05, 4.69) is 12.2 Å². The number of aliphatic hydroxyl groups is 1. The third kappa shape index (κ3) is 5.67. The molecule has 0 spiro atoms. The highest BCUT2D eigenvalue weighted by atomic mass is 16.6. The molecule has 1 rings (SSSR count). The fourth-order valence-corrected chi connectivity index (χ4v) is 2.74. The highest BCUT2D eigenvalue weighted by Crippen LogP contribution is 2.23. The van der Waals surface area contributed by atoms with Crippen molar-refractivity contribution >= 4 is 6.09 Å². The molecule has 20 heavy (non-hydrogen) atoms. The van der Waals surface area contributed by atoms with Crippen LogP contribution in [0.3, 0.4) is 0 Å². The first-order valence-electron chi connectivity index (χ1n) is 7.69. The van der Waals surface area contributed by atoms with E-state index in [1.54, 1.807) is 4.90 Å². The summed E-state index contributed by atoms with van der Waals surface area (Å²) in [6.07, 6.45) is 2.61. The maximum atomic E-state index is 12.1. The Bertz CT molecular complexity index is 296. The fourth-order valence-electron chi connectivity index (χ4n) is 2.74. The molecule has 1 saturated heterocycles. The Balaban J connectivity index is 2.58. The van der Waals surface area contributed by atoms with Crippen LogP contribution in [0.2, 0.25) is 0 Å². The average molecular weight is 286 g/mol. The maximum absolute atomic E-state index is 12.1. The van der Waals surface area contributed by atoms with E-state index in [1.807, 2.05) is 20.8 Å². The van der Waals surface area contributed by atoms with Gasteiger partial charge < -0.3 is 20.1 Å². The fraction of sp³-hybridized carbons (Fsp3) is 0.933. The molecule has 0 aliphatic carbocycles. The van der Waals surface area contributed by atoms with Crippen LogP contribution >= 0.6 is 0 Å². The lowest BCUT2D eigenvalue weighted by Crippen LogP contribution is -2.49. The van der Waals surface area contributed by atoms with Crippen LogP contribution in [0.4, 0.5) is 4.79 Å². The third-order valence-electron chi connectivity index (χ3n) is 3.58. The summed E-state index contributed by atoms with van der Waals surface area (Å²) in [6.45, 7) is 10.3. The molecule has 1 aliphatic rings. The van der Waals surface area contributed by atoms with E-state index in [1.165, 1.54) is 0 Å². The van der Waals surface area contributed by atoms with Gasteiger partial charge >= 0.3 is 6.09 Å². The molecule has 118 valence electrons. The number of nitrogens with one attached hydrogen (secondary N) is 1. The summed E-state index contributed by atoms with van der Waals surface area (Å²) in [6, 6.07) is 0.273. The highest BCUT2D eigenvalue weighted by Gasteiger charge is 2.31. The van der Waals surface area contributed by atoms with Gasteiger partial charge in [-0.1, -0.05) is 6.92 Å². The van der Waals surface area contributed by atoms with Gasteiger partial charge in [0.15, 0.2) is 0 Å². The Hall–Kier alpha value is -0.810. The van der Waals surface area contributed by atoms with Gasteiger partial charge in [-0.2, -0.15) is 0 Å². The Morgan fingerprint density at radius 3 is 2.75 bits per heavy atom. The first-order valence-corrected chi connectivity index (χ1v) is 7.69. The van der Waals surface area contributed by atoms with Crippen LogP contribution in [-0.2, 0) is 4.74 Å².